The Morgan fingerprint density at radius 1 is 0.743 bits per heavy atom. The second kappa shape index (κ2) is 7.17. The van der Waals surface area contributed by atoms with E-state index in [1.165, 1.54) is 36.5 Å². The quantitative estimate of drug-likeness (QED) is 0.257. The highest BCUT2D eigenvalue weighted by molar-refractivity contribution is 7.26. The minimum Gasteiger partial charge on any atom is -0.399 e. The number of para-hydroxylation sites is 1. The zero-order valence-electron chi connectivity index (χ0n) is 20.2. The number of aromatic nitrogens is 2. The third-order valence-corrected chi connectivity index (χ3v) is 8.90. The first-order valence-electron chi connectivity index (χ1n) is 12.0. The van der Waals surface area contributed by atoms with Crippen LogP contribution >= 0.6 is 11.3 Å². The fourth-order valence-corrected chi connectivity index (χ4v) is 6.36. The number of benzene rings is 3. The van der Waals surface area contributed by atoms with Gasteiger partial charge in [-0.05, 0) is 45.9 Å². The Hall–Kier alpha value is -3.19. The lowest BCUT2D eigenvalue weighted by Crippen LogP contribution is -2.41. The van der Waals surface area contributed by atoms with Crippen LogP contribution in [0.4, 0.5) is 0 Å². The van der Waals surface area contributed by atoms with Gasteiger partial charge in [0, 0.05) is 37.9 Å². The number of rotatable bonds is 2. The Balaban J connectivity index is 1.45. The molecule has 172 valence electrons. The largest absolute Gasteiger partial charge is 0.496 e. The predicted molar refractivity (Wildman–Crippen MR) is 147 cm³/mol. The van der Waals surface area contributed by atoms with Gasteiger partial charge in [-0.1, -0.05) is 54.6 Å². The van der Waals surface area contributed by atoms with Crippen LogP contribution in [0.15, 0.2) is 79.0 Å². The molecule has 1 aliphatic heterocycles. The van der Waals surface area contributed by atoms with Crippen molar-refractivity contribution in [2.24, 2.45) is 0 Å². The van der Waals surface area contributed by atoms with Gasteiger partial charge in [-0.3, -0.25) is 4.57 Å². The fraction of sp³-hybridized carbons (Fsp3) is 0.207. The summed E-state index contributed by atoms with van der Waals surface area (Å²) in [5.74, 6) is 0.890. The van der Waals surface area contributed by atoms with Crippen molar-refractivity contribution in [3.63, 3.8) is 0 Å². The monoisotopic (exact) mass is 476 g/mol. The second-order valence-corrected chi connectivity index (χ2v) is 11.4. The average Bonchev–Trinajstić information content (AvgIpc) is 3.46. The molecular formula is C29H25BN2O2S. The molecule has 6 aromatic rings. The van der Waals surface area contributed by atoms with Crippen LogP contribution in [0.5, 0.6) is 0 Å². The van der Waals surface area contributed by atoms with Crippen LogP contribution in [0.1, 0.15) is 27.7 Å². The minimum absolute atomic E-state index is 0.379. The summed E-state index contributed by atoms with van der Waals surface area (Å²) in [6.45, 7) is 8.29. The third-order valence-electron chi connectivity index (χ3n) is 7.70. The molecule has 1 saturated heterocycles. The van der Waals surface area contributed by atoms with Crippen LogP contribution in [0.2, 0.25) is 0 Å². The summed E-state index contributed by atoms with van der Waals surface area (Å²) in [4.78, 5) is 4.93. The second-order valence-electron chi connectivity index (χ2n) is 10.3. The van der Waals surface area contributed by atoms with Gasteiger partial charge >= 0.3 is 7.12 Å². The molecule has 1 aliphatic rings. The van der Waals surface area contributed by atoms with Gasteiger partial charge in [0.2, 0.25) is 0 Å². The highest BCUT2D eigenvalue weighted by Gasteiger charge is 2.51. The molecule has 0 N–H and O–H groups in total. The van der Waals surface area contributed by atoms with E-state index in [4.69, 9.17) is 14.3 Å². The number of thiophene rings is 1. The lowest BCUT2D eigenvalue weighted by atomic mass is 9.80. The molecule has 3 aromatic heterocycles. The number of hydrogen-bond donors (Lipinski definition) is 0. The van der Waals surface area contributed by atoms with Gasteiger partial charge in [-0.2, -0.15) is 0 Å². The van der Waals surface area contributed by atoms with Crippen LogP contribution in [-0.4, -0.2) is 27.9 Å². The minimum atomic E-state index is -0.422. The van der Waals surface area contributed by atoms with E-state index < -0.39 is 7.12 Å². The maximum Gasteiger partial charge on any atom is 0.496 e. The normalized spacial score (nSPS) is 17.3. The Morgan fingerprint density at radius 3 is 2.17 bits per heavy atom. The van der Waals surface area contributed by atoms with Crippen molar-refractivity contribution in [2.45, 2.75) is 38.9 Å². The van der Waals surface area contributed by atoms with E-state index >= 15 is 0 Å². The van der Waals surface area contributed by atoms with Crippen molar-refractivity contribution in [1.29, 1.82) is 0 Å². The zero-order valence-corrected chi connectivity index (χ0v) is 21.0. The molecule has 0 bridgehead atoms. The number of hydrogen-bond acceptors (Lipinski definition) is 4. The molecule has 3 aromatic carbocycles. The number of pyridine rings is 1. The molecule has 0 radical (unpaired) electrons. The summed E-state index contributed by atoms with van der Waals surface area (Å²) < 4.78 is 17.4. The van der Waals surface area contributed by atoms with Gasteiger partial charge in [0.25, 0.3) is 0 Å². The molecule has 4 heterocycles. The smallest absolute Gasteiger partial charge is 0.399 e. The van der Waals surface area contributed by atoms with Crippen LogP contribution < -0.4 is 5.46 Å². The summed E-state index contributed by atoms with van der Waals surface area (Å²) in [7, 11) is -0.422. The van der Waals surface area contributed by atoms with E-state index in [0.717, 1.165) is 16.8 Å². The van der Waals surface area contributed by atoms with E-state index in [0.29, 0.717) is 0 Å². The molecule has 0 aliphatic carbocycles. The molecule has 0 amide bonds. The molecule has 0 atom stereocenters. The Labute approximate surface area is 208 Å². The van der Waals surface area contributed by atoms with Gasteiger partial charge in [-0.25, -0.2) is 4.98 Å². The van der Waals surface area contributed by atoms with E-state index in [2.05, 4.69) is 105 Å². The van der Waals surface area contributed by atoms with Crippen molar-refractivity contribution in [3.05, 3.63) is 79.0 Å². The van der Waals surface area contributed by atoms with E-state index in [9.17, 15) is 0 Å². The molecule has 0 unspecified atom stereocenters. The highest BCUT2D eigenvalue weighted by Crippen LogP contribution is 2.42. The summed E-state index contributed by atoms with van der Waals surface area (Å²) in [5.41, 5.74) is 2.54. The third kappa shape index (κ3) is 2.97. The SMILES string of the molecule is CC1(C)OB(c2ccc(-n3c4ccccc4c4ccc5c6ccccc6sc5c43)nc2)OC1(C)C. The predicted octanol–water partition coefficient (Wildman–Crippen LogP) is 6.85. The van der Waals surface area contributed by atoms with E-state index in [1.54, 1.807) is 0 Å². The van der Waals surface area contributed by atoms with Crippen LogP contribution in [0.25, 0.3) is 47.8 Å². The lowest BCUT2D eigenvalue weighted by molar-refractivity contribution is 0.00578. The van der Waals surface area contributed by atoms with Gasteiger partial charge in [0.1, 0.15) is 5.82 Å². The molecule has 4 nitrogen and oxygen atoms in total. The number of fused-ring (bicyclic) bond motifs is 7. The van der Waals surface area contributed by atoms with Crippen molar-refractivity contribution < 1.29 is 9.31 Å². The maximum absolute atomic E-state index is 6.25. The molecule has 1 fully saturated rings. The van der Waals surface area contributed by atoms with Crippen molar-refractivity contribution >= 4 is 65.9 Å². The summed E-state index contributed by atoms with van der Waals surface area (Å²) in [6, 6.07) is 25.9. The average molecular weight is 476 g/mol. The first kappa shape index (κ1) is 21.1. The van der Waals surface area contributed by atoms with Gasteiger partial charge in [0.15, 0.2) is 0 Å². The standard InChI is InChI=1S/C29H25BN2O2S/c1-28(2)29(3,4)34-30(33-28)18-13-16-25(31-17-18)32-23-11-7-5-9-19(23)21-14-15-22-20-10-6-8-12-24(20)35-27(22)26(21)32/h5-17H,1-4H3. The summed E-state index contributed by atoms with van der Waals surface area (Å²) >= 11 is 1.85. The van der Waals surface area contributed by atoms with Crippen molar-refractivity contribution in [1.82, 2.24) is 9.55 Å². The van der Waals surface area contributed by atoms with Gasteiger partial charge in [-0.15, -0.1) is 11.3 Å². The fourth-order valence-electron chi connectivity index (χ4n) is 5.12. The van der Waals surface area contributed by atoms with Gasteiger partial charge in [0.05, 0.1) is 26.9 Å². The Morgan fingerprint density at radius 2 is 1.43 bits per heavy atom. The first-order chi connectivity index (χ1) is 16.8. The molecule has 7 rings (SSSR count). The molecule has 35 heavy (non-hydrogen) atoms. The Kier molecular flexibility index (Phi) is 4.33. The number of nitrogens with zero attached hydrogens (tertiary/aromatic N) is 2. The van der Waals surface area contributed by atoms with E-state index in [1.807, 2.05) is 17.5 Å². The summed E-state index contributed by atoms with van der Waals surface area (Å²) in [6.07, 6.45) is 1.89. The first-order valence-corrected chi connectivity index (χ1v) is 12.8. The maximum atomic E-state index is 6.25. The van der Waals surface area contributed by atoms with Crippen molar-refractivity contribution in [2.75, 3.05) is 0 Å². The van der Waals surface area contributed by atoms with Crippen LogP contribution in [-0.2, 0) is 9.31 Å². The molecule has 0 spiro atoms. The zero-order chi connectivity index (χ0) is 23.9. The van der Waals surface area contributed by atoms with Crippen LogP contribution in [0.3, 0.4) is 0 Å². The van der Waals surface area contributed by atoms with E-state index in [-0.39, 0.29) is 11.2 Å². The van der Waals surface area contributed by atoms with Crippen molar-refractivity contribution in [3.8, 4) is 5.82 Å². The summed E-state index contributed by atoms with van der Waals surface area (Å²) in [5, 5.41) is 5.07. The molecule has 0 saturated carbocycles. The van der Waals surface area contributed by atoms with Crippen LogP contribution in [0, 0.1) is 0 Å². The molecular weight excluding hydrogens is 451 g/mol. The lowest BCUT2D eigenvalue weighted by Gasteiger charge is -2.32. The molecule has 6 heteroatoms. The topological polar surface area (TPSA) is 36.3 Å². The highest BCUT2D eigenvalue weighted by atomic mass is 32.1. The van der Waals surface area contributed by atoms with Gasteiger partial charge < -0.3 is 9.31 Å². The Bertz CT molecular complexity index is 1750.